The van der Waals surface area contributed by atoms with Gasteiger partial charge in [-0.05, 0) is 37.5 Å². The summed E-state index contributed by atoms with van der Waals surface area (Å²) in [5.41, 5.74) is 6.61. The van der Waals surface area contributed by atoms with Crippen molar-refractivity contribution in [2.45, 2.75) is 38.6 Å². The van der Waals surface area contributed by atoms with Crippen LogP contribution < -0.4 is 15.8 Å². The van der Waals surface area contributed by atoms with Gasteiger partial charge in [-0.25, -0.2) is 0 Å². The van der Waals surface area contributed by atoms with Gasteiger partial charge in [0.1, 0.15) is 5.75 Å². The van der Waals surface area contributed by atoms with Crippen LogP contribution in [0, 0.1) is 0 Å². The highest BCUT2D eigenvalue weighted by atomic mass is 32.2. The molecule has 126 valence electrons. The highest BCUT2D eigenvalue weighted by molar-refractivity contribution is 8.13. The minimum absolute atomic E-state index is 0.0329. The number of thioether (sulfide) groups is 1. The molecule has 1 aromatic carbocycles. The minimum atomic E-state index is -0.321. The van der Waals surface area contributed by atoms with Gasteiger partial charge >= 0.3 is 0 Å². The predicted molar refractivity (Wildman–Crippen MR) is 95.9 cm³/mol. The van der Waals surface area contributed by atoms with Gasteiger partial charge in [0.25, 0.3) is 5.91 Å². The average molecular weight is 335 g/mol. The summed E-state index contributed by atoms with van der Waals surface area (Å²) in [6, 6.07) is 7.77. The Labute approximate surface area is 142 Å². The van der Waals surface area contributed by atoms with Crippen molar-refractivity contribution in [1.82, 2.24) is 5.32 Å². The van der Waals surface area contributed by atoms with Crippen molar-refractivity contribution in [2.75, 3.05) is 18.9 Å². The quantitative estimate of drug-likeness (QED) is 0.751. The number of nitrogens with one attached hydrogen (secondary N) is 1. The summed E-state index contributed by atoms with van der Waals surface area (Å²) in [6.07, 6.45) is 2.97. The van der Waals surface area contributed by atoms with Gasteiger partial charge in [0, 0.05) is 12.3 Å². The Morgan fingerprint density at radius 2 is 2.35 bits per heavy atom. The number of hydrogen-bond acceptors (Lipinski definition) is 5. The number of nitrogens with zero attached hydrogens (tertiary/aromatic N) is 1. The maximum Gasteiger partial charge on any atom is 0.257 e. The van der Waals surface area contributed by atoms with Crippen LogP contribution >= 0.6 is 11.8 Å². The normalized spacial score (nSPS) is 20.7. The van der Waals surface area contributed by atoms with E-state index in [2.05, 4.69) is 24.2 Å². The van der Waals surface area contributed by atoms with Crippen LogP contribution in [0.25, 0.3) is 0 Å². The minimum Gasteiger partial charge on any atom is -0.484 e. The highest BCUT2D eigenvalue weighted by Gasteiger charge is 2.29. The number of hydrogen-bond donors (Lipinski definition) is 2. The third-order valence-corrected chi connectivity index (χ3v) is 4.67. The molecule has 1 aliphatic rings. The smallest absolute Gasteiger partial charge is 0.257 e. The molecule has 6 heteroatoms. The third-order valence-electron chi connectivity index (χ3n) is 3.87. The molecule has 1 amide bonds. The van der Waals surface area contributed by atoms with Crippen LogP contribution in [0.1, 0.15) is 38.7 Å². The predicted octanol–water partition coefficient (Wildman–Crippen LogP) is 2.65. The first-order valence-corrected chi connectivity index (χ1v) is 9.00. The lowest BCUT2D eigenvalue weighted by Crippen LogP contribution is -2.30. The molecule has 1 aromatic rings. The SMILES string of the molecule is CCCCNC(=O)COc1cccc(C2(C)CCSC(N)=N2)c1. The fourth-order valence-corrected chi connectivity index (χ4v) is 3.39. The molecule has 0 saturated heterocycles. The van der Waals surface area contributed by atoms with Gasteiger partial charge in [-0.3, -0.25) is 9.79 Å². The molecule has 0 spiro atoms. The van der Waals surface area contributed by atoms with E-state index in [1.807, 2.05) is 24.3 Å². The molecule has 0 aromatic heterocycles. The summed E-state index contributed by atoms with van der Waals surface area (Å²) < 4.78 is 5.60. The first-order chi connectivity index (χ1) is 11.0. The van der Waals surface area contributed by atoms with Crippen molar-refractivity contribution < 1.29 is 9.53 Å². The topological polar surface area (TPSA) is 76.7 Å². The number of amides is 1. The van der Waals surface area contributed by atoms with Gasteiger partial charge in [0.2, 0.25) is 0 Å². The number of nitrogens with two attached hydrogens (primary N) is 1. The fourth-order valence-electron chi connectivity index (χ4n) is 2.42. The molecule has 0 aliphatic carbocycles. The first-order valence-electron chi connectivity index (χ1n) is 8.01. The molecule has 0 saturated carbocycles. The van der Waals surface area contributed by atoms with E-state index in [0.29, 0.717) is 17.5 Å². The van der Waals surface area contributed by atoms with E-state index in [0.717, 1.165) is 30.6 Å². The average Bonchev–Trinajstić information content (AvgIpc) is 2.53. The van der Waals surface area contributed by atoms with E-state index < -0.39 is 0 Å². The molecule has 1 unspecified atom stereocenters. The maximum atomic E-state index is 11.7. The van der Waals surface area contributed by atoms with Crippen molar-refractivity contribution in [3.8, 4) is 5.75 Å². The summed E-state index contributed by atoms with van der Waals surface area (Å²) in [4.78, 5) is 16.3. The van der Waals surface area contributed by atoms with Gasteiger partial charge in [0.15, 0.2) is 11.8 Å². The Morgan fingerprint density at radius 1 is 1.52 bits per heavy atom. The zero-order chi connectivity index (χ0) is 16.7. The Hall–Kier alpha value is -1.69. The second-order valence-electron chi connectivity index (χ2n) is 5.84. The van der Waals surface area contributed by atoms with Crippen LogP contribution in [0.2, 0.25) is 0 Å². The standard InChI is InChI=1S/C17H25N3O2S/c1-3-4-9-19-15(21)12-22-14-7-5-6-13(11-14)17(2)8-10-23-16(18)20-17/h5-7,11H,3-4,8-10,12H2,1-2H3,(H2,18,20)(H,19,21). The van der Waals surface area contributed by atoms with Gasteiger partial charge < -0.3 is 15.8 Å². The molecule has 0 bridgehead atoms. The Bertz CT molecular complexity index is 577. The van der Waals surface area contributed by atoms with Crippen LogP contribution in [-0.4, -0.2) is 30.0 Å². The summed E-state index contributed by atoms with van der Waals surface area (Å²) in [6.45, 7) is 4.90. The molecule has 1 aliphatic heterocycles. The molecule has 3 N–H and O–H groups in total. The van der Waals surface area contributed by atoms with Crippen molar-refractivity contribution in [2.24, 2.45) is 10.7 Å². The summed E-state index contributed by atoms with van der Waals surface area (Å²) in [5, 5.41) is 3.47. The summed E-state index contributed by atoms with van der Waals surface area (Å²) in [7, 11) is 0. The van der Waals surface area contributed by atoms with Crippen LogP contribution in [0.5, 0.6) is 5.75 Å². The molecule has 2 rings (SSSR count). The van der Waals surface area contributed by atoms with E-state index in [4.69, 9.17) is 10.5 Å². The van der Waals surface area contributed by atoms with Crippen molar-refractivity contribution in [3.05, 3.63) is 29.8 Å². The van der Waals surface area contributed by atoms with E-state index in [9.17, 15) is 4.79 Å². The Balaban J connectivity index is 1.97. The summed E-state index contributed by atoms with van der Waals surface area (Å²) >= 11 is 1.59. The lowest BCUT2D eigenvalue weighted by atomic mass is 9.90. The number of amidine groups is 1. The second-order valence-corrected chi connectivity index (χ2v) is 6.96. The monoisotopic (exact) mass is 335 g/mol. The fraction of sp³-hybridized carbons (Fsp3) is 0.529. The maximum absolute atomic E-state index is 11.7. The van der Waals surface area contributed by atoms with Crippen LogP contribution in [0.15, 0.2) is 29.3 Å². The van der Waals surface area contributed by atoms with E-state index in [1.54, 1.807) is 11.8 Å². The third kappa shape index (κ3) is 5.16. The largest absolute Gasteiger partial charge is 0.484 e. The number of unbranched alkanes of at least 4 members (excludes halogenated alkanes) is 1. The van der Waals surface area contributed by atoms with Crippen LogP contribution in [-0.2, 0) is 10.3 Å². The van der Waals surface area contributed by atoms with Gasteiger partial charge in [0.05, 0.1) is 5.54 Å². The van der Waals surface area contributed by atoms with Crippen molar-refractivity contribution in [3.63, 3.8) is 0 Å². The molecule has 0 radical (unpaired) electrons. The van der Waals surface area contributed by atoms with Gasteiger partial charge in [-0.2, -0.15) is 0 Å². The van der Waals surface area contributed by atoms with Crippen LogP contribution in [0.3, 0.4) is 0 Å². The zero-order valence-electron chi connectivity index (χ0n) is 13.8. The molecular formula is C17H25N3O2S. The number of ether oxygens (including phenoxy) is 1. The van der Waals surface area contributed by atoms with Crippen LogP contribution in [0.4, 0.5) is 0 Å². The molecule has 5 nitrogen and oxygen atoms in total. The number of benzene rings is 1. The molecule has 23 heavy (non-hydrogen) atoms. The van der Waals surface area contributed by atoms with Crippen molar-refractivity contribution >= 4 is 22.8 Å². The lowest BCUT2D eigenvalue weighted by Gasteiger charge is -2.30. The summed E-state index contributed by atoms with van der Waals surface area (Å²) in [5.74, 6) is 1.55. The first kappa shape index (κ1) is 17.7. The zero-order valence-corrected chi connectivity index (χ0v) is 14.6. The number of carbonyl (C=O) groups excluding carboxylic acids is 1. The molecular weight excluding hydrogens is 310 g/mol. The number of aliphatic imine (C=N–C) groups is 1. The number of rotatable bonds is 7. The molecule has 1 atom stereocenters. The number of carbonyl (C=O) groups is 1. The Kier molecular flexibility index (Phi) is 6.33. The lowest BCUT2D eigenvalue weighted by molar-refractivity contribution is -0.123. The van der Waals surface area contributed by atoms with E-state index >= 15 is 0 Å². The van der Waals surface area contributed by atoms with Gasteiger partial charge in [-0.15, -0.1) is 0 Å². The molecule has 1 heterocycles. The highest BCUT2D eigenvalue weighted by Crippen LogP contribution is 2.36. The van der Waals surface area contributed by atoms with Gasteiger partial charge in [-0.1, -0.05) is 37.2 Å². The van der Waals surface area contributed by atoms with Crippen molar-refractivity contribution in [1.29, 1.82) is 0 Å². The van der Waals surface area contributed by atoms with E-state index in [1.165, 1.54) is 0 Å². The van der Waals surface area contributed by atoms with E-state index in [-0.39, 0.29) is 18.1 Å². The Morgan fingerprint density at radius 3 is 3.09 bits per heavy atom. The second kappa shape index (κ2) is 8.24. The molecule has 0 fully saturated rings.